The molecule has 1 unspecified atom stereocenters. The predicted octanol–water partition coefficient (Wildman–Crippen LogP) is 7.28. The van der Waals surface area contributed by atoms with Gasteiger partial charge in [-0.25, -0.2) is 0 Å². The topological polar surface area (TPSA) is 195 Å². The number of nitrogens with zero attached hydrogens (tertiary/aromatic N) is 7. The maximum absolute atomic E-state index is 14.6. The molecule has 1 aliphatic rings. The van der Waals surface area contributed by atoms with Gasteiger partial charge in [-0.05, 0) is 75.1 Å². The zero-order valence-electron chi connectivity index (χ0n) is 50.9. The molecule has 1 saturated heterocycles. The van der Waals surface area contributed by atoms with E-state index in [4.69, 9.17) is 56.6 Å². The Kier molecular flexibility index (Phi) is 27.9. The number of rotatable bonds is 31. The minimum Gasteiger partial charge on any atom is -0.459 e. The van der Waals surface area contributed by atoms with Crippen LogP contribution in [0.3, 0.4) is 0 Å². The van der Waals surface area contributed by atoms with Gasteiger partial charge < -0.3 is 37.9 Å². The Bertz CT molecular complexity index is 3300. The third-order valence-electron chi connectivity index (χ3n) is 14.6. The number of benzene rings is 3. The van der Waals surface area contributed by atoms with E-state index in [-0.39, 0.29) is 97.0 Å². The zero-order valence-corrected chi connectivity index (χ0v) is 52.5. The molecule has 88 heavy (non-hydrogen) atoms. The van der Waals surface area contributed by atoms with Crippen molar-refractivity contribution in [2.75, 3.05) is 92.0 Å². The molecule has 0 spiro atoms. The van der Waals surface area contributed by atoms with Crippen LogP contribution in [0.4, 0.5) is 0 Å². The lowest BCUT2D eigenvalue weighted by molar-refractivity contribution is -0.162. The Balaban J connectivity index is 1.04. The highest BCUT2D eigenvalue weighted by molar-refractivity contribution is 6.37. The van der Waals surface area contributed by atoms with Crippen molar-refractivity contribution in [2.24, 2.45) is 7.05 Å². The van der Waals surface area contributed by atoms with Crippen molar-refractivity contribution < 1.29 is 47.7 Å². The molecule has 22 heteroatoms. The summed E-state index contributed by atoms with van der Waals surface area (Å²) in [7, 11) is 1.76. The first-order valence-corrected chi connectivity index (χ1v) is 30.7. The molecule has 3 aromatic carbocycles. The molecule has 3 aromatic heterocycles. The largest absolute Gasteiger partial charge is 0.459 e. The number of esters is 2. The standard InChI is InChI=1S/C66H83Cl2N7O13/c1-66(2,3)88-65(81)59(30-29-56(76)23-15-40-82-42-44-84-45-43-83-41-31-63(80)87-64-57(67)24-14-25-58(64)68)73-38-36-71(46-53-20-11-26-60(77)69(53)4)34-32-70(47-54-21-12-27-61(78)74(54)85-49-51-16-7-5-8-17-51)33-35-72(37-39-73)48-55-22-13-28-62(79)75(55)86-50-52-18-9-6-10-19-52/h5-14,16-22,24-28,59H,15,23,29-50H2,1-4H3. The molecule has 4 heterocycles. The Morgan fingerprint density at radius 1 is 0.500 bits per heavy atom. The van der Waals surface area contributed by atoms with E-state index in [0.717, 1.165) is 16.8 Å². The Labute approximate surface area is 524 Å². The molecular weight excluding hydrogens is 1170 g/mol. The fraction of sp³-hybridized carbons (Fsp3) is 0.455. The maximum Gasteiger partial charge on any atom is 0.323 e. The van der Waals surface area contributed by atoms with Crippen LogP contribution in [0.5, 0.6) is 5.75 Å². The third kappa shape index (κ3) is 23.2. The van der Waals surface area contributed by atoms with Crippen LogP contribution in [0.15, 0.2) is 148 Å². The maximum atomic E-state index is 14.6. The van der Waals surface area contributed by atoms with E-state index in [9.17, 15) is 28.8 Å². The van der Waals surface area contributed by atoms with Gasteiger partial charge in [0.2, 0.25) is 5.56 Å². The van der Waals surface area contributed by atoms with Crippen LogP contribution in [0.2, 0.25) is 10.0 Å². The van der Waals surface area contributed by atoms with Gasteiger partial charge in [0.1, 0.15) is 30.6 Å². The first-order chi connectivity index (χ1) is 42.5. The first kappa shape index (κ1) is 68.5. The number of para-hydroxylation sites is 1. The van der Waals surface area contributed by atoms with Crippen LogP contribution in [-0.4, -0.2) is 155 Å². The molecule has 0 bridgehead atoms. The van der Waals surface area contributed by atoms with Gasteiger partial charge in [-0.3, -0.25) is 48.4 Å². The van der Waals surface area contributed by atoms with Crippen LogP contribution in [-0.2, 0) is 73.2 Å². The number of pyridine rings is 3. The van der Waals surface area contributed by atoms with Crippen molar-refractivity contribution in [1.29, 1.82) is 0 Å². The van der Waals surface area contributed by atoms with Crippen LogP contribution >= 0.6 is 23.2 Å². The Hall–Kier alpha value is -6.98. The number of carbonyl (C=O) groups is 3. The molecule has 0 saturated carbocycles. The molecule has 7 rings (SSSR count). The predicted molar refractivity (Wildman–Crippen MR) is 336 cm³/mol. The average Bonchev–Trinajstić information content (AvgIpc) is 3.27. The summed E-state index contributed by atoms with van der Waals surface area (Å²) in [6.45, 7) is 12.3. The number of ketones is 1. The van der Waals surface area contributed by atoms with Crippen molar-refractivity contribution in [3.8, 4) is 5.75 Å². The number of Topliss-reactive ketones (excluding diaryl/α,β-unsaturated/α-hetero) is 1. The zero-order chi connectivity index (χ0) is 62.7. The normalized spacial score (nSPS) is 14.6. The van der Waals surface area contributed by atoms with E-state index >= 15 is 0 Å². The molecule has 20 nitrogen and oxygen atoms in total. The fourth-order valence-electron chi connectivity index (χ4n) is 9.84. The van der Waals surface area contributed by atoms with Crippen molar-refractivity contribution in [3.63, 3.8) is 0 Å². The van der Waals surface area contributed by atoms with Gasteiger partial charge in [-0.2, -0.15) is 0 Å². The monoisotopic (exact) mass is 1250 g/mol. The van der Waals surface area contributed by atoms with Crippen molar-refractivity contribution in [1.82, 2.24) is 33.6 Å². The van der Waals surface area contributed by atoms with Crippen molar-refractivity contribution in [3.05, 3.63) is 203 Å². The Morgan fingerprint density at radius 3 is 1.45 bits per heavy atom. The van der Waals surface area contributed by atoms with Crippen LogP contribution < -0.4 is 31.1 Å². The number of carbonyl (C=O) groups excluding carboxylic acids is 3. The summed E-state index contributed by atoms with van der Waals surface area (Å²) >= 11 is 12.2. The SMILES string of the molecule is Cn1c(CN2CCN(Cc3cccc(=O)n3OCc3ccccc3)CCN(Cc3cccc(=O)n3OCc3ccccc3)CCN(C(CCC(=O)CCCOCCOCCOCCC(=O)Oc3c(Cl)cccc3Cl)C(=O)OC(C)(C)C)CC2)cccc1=O. The number of halogens is 2. The van der Waals surface area contributed by atoms with Crippen molar-refractivity contribution in [2.45, 2.75) is 97.4 Å². The van der Waals surface area contributed by atoms with Gasteiger partial charge in [-0.1, -0.05) is 108 Å². The number of aromatic nitrogens is 3. The first-order valence-electron chi connectivity index (χ1n) is 29.9. The molecule has 1 atom stereocenters. The Morgan fingerprint density at radius 2 is 0.943 bits per heavy atom. The molecule has 6 aromatic rings. The summed E-state index contributed by atoms with van der Waals surface area (Å²) in [5, 5.41) is 0.478. The fourth-order valence-corrected chi connectivity index (χ4v) is 10.3. The number of ether oxygens (including phenoxy) is 5. The molecular formula is C66H83Cl2N7O13. The van der Waals surface area contributed by atoms with Crippen LogP contribution in [0, 0.1) is 0 Å². The average molecular weight is 1250 g/mol. The lowest BCUT2D eigenvalue weighted by Crippen LogP contribution is -2.51. The lowest BCUT2D eigenvalue weighted by atomic mass is 10.0. The van der Waals surface area contributed by atoms with Gasteiger partial charge in [0.15, 0.2) is 5.75 Å². The number of hydrogen-bond acceptors (Lipinski definition) is 17. The summed E-state index contributed by atoms with van der Waals surface area (Å²) in [4.78, 5) is 102. The summed E-state index contributed by atoms with van der Waals surface area (Å²) < 4.78 is 32.7. The summed E-state index contributed by atoms with van der Waals surface area (Å²) in [5.41, 5.74) is 2.36. The smallest absolute Gasteiger partial charge is 0.323 e. The molecule has 474 valence electrons. The highest BCUT2D eigenvalue weighted by Crippen LogP contribution is 2.32. The molecule has 1 fully saturated rings. The van der Waals surface area contributed by atoms with Crippen LogP contribution in [0.1, 0.15) is 81.1 Å². The van der Waals surface area contributed by atoms with E-state index in [0.29, 0.717) is 110 Å². The quantitative estimate of drug-likeness (QED) is 0.0239. The van der Waals surface area contributed by atoms with E-state index in [1.54, 1.807) is 48.0 Å². The minimum absolute atomic E-state index is 0.00568. The van der Waals surface area contributed by atoms with Gasteiger partial charge in [0, 0.05) is 122 Å². The summed E-state index contributed by atoms with van der Waals surface area (Å²) in [6, 6.07) is 38.7. The number of hydrogen-bond donors (Lipinski definition) is 0. The molecule has 1 aliphatic heterocycles. The summed E-state index contributed by atoms with van der Waals surface area (Å²) in [6.07, 6.45) is 1.06. The van der Waals surface area contributed by atoms with Gasteiger partial charge in [0.25, 0.3) is 11.1 Å². The van der Waals surface area contributed by atoms with E-state index < -0.39 is 23.6 Å². The van der Waals surface area contributed by atoms with Crippen LogP contribution in [0.25, 0.3) is 0 Å². The van der Waals surface area contributed by atoms with E-state index in [1.165, 1.54) is 27.7 Å². The molecule has 0 amide bonds. The van der Waals surface area contributed by atoms with E-state index in [1.807, 2.05) is 99.6 Å². The lowest BCUT2D eigenvalue weighted by Gasteiger charge is -2.37. The minimum atomic E-state index is -0.823. The second-order valence-corrected chi connectivity index (χ2v) is 23.3. The van der Waals surface area contributed by atoms with E-state index in [2.05, 4.69) is 19.6 Å². The second-order valence-electron chi connectivity index (χ2n) is 22.4. The van der Waals surface area contributed by atoms with Crippen molar-refractivity contribution >= 4 is 40.9 Å². The van der Waals surface area contributed by atoms with Gasteiger partial charge in [0.05, 0.1) is 60.9 Å². The highest BCUT2D eigenvalue weighted by Gasteiger charge is 2.32. The molecule has 0 aliphatic carbocycles. The van der Waals surface area contributed by atoms with Gasteiger partial charge >= 0.3 is 11.9 Å². The third-order valence-corrected chi connectivity index (χ3v) is 15.2. The molecule has 0 N–H and O–H groups in total. The summed E-state index contributed by atoms with van der Waals surface area (Å²) in [5.74, 6) is -0.865. The molecule has 0 radical (unpaired) electrons. The second kappa shape index (κ2) is 35.9. The van der Waals surface area contributed by atoms with Gasteiger partial charge in [-0.15, -0.1) is 9.46 Å². The highest BCUT2D eigenvalue weighted by atomic mass is 35.5.